The lowest BCUT2D eigenvalue weighted by atomic mass is 10.3. The molecule has 1 aliphatic rings. The van der Waals surface area contributed by atoms with Gasteiger partial charge in [0.1, 0.15) is 5.75 Å². The molecule has 0 spiro atoms. The first-order chi connectivity index (χ1) is 8.57. The van der Waals surface area contributed by atoms with Gasteiger partial charge in [0.2, 0.25) is 0 Å². The number of hydrogen-bond acceptors (Lipinski definition) is 4. The highest BCUT2D eigenvalue weighted by molar-refractivity contribution is 7.22. The van der Waals surface area contributed by atoms with Crippen molar-refractivity contribution in [2.75, 3.05) is 25.1 Å². The fourth-order valence-corrected chi connectivity index (χ4v) is 3.03. The average molecular weight is 270 g/mol. The van der Waals surface area contributed by atoms with Crippen molar-refractivity contribution < 1.29 is 13.5 Å². The second-order valence-electron chi connectivity index (χ2n) is 4.36. The summed E-state index contributed by atoms with van der Waals surface area (Å²) in [6.45, 7) is 0.133. The molecule has 96 valence electrons. The molecule has 0 saturated carbocycles. The van der Waals surface area contributed by atoms with Gasteiger partial charge in [-0.25, -0.2) is 13.8 Å². The molecule has 0 amide bonds. The van der Waals surface area contributed by atoms with Crippen molar-refractivity contribution >= 4 is 26.7 Å². The summed E-state index contributed by atoms with van der Waals surface area (Å²) in [7, 11) is 1.59. The van der Waals surface area contributed by atoms with Crippen molar-refractivity contribution in [2.24, 2.45) is 0 Å². The number of fused-ring (bicyclic) bond motifs is 1. The molecule has 0 bridgehead atoms. The fraction of sp³-hybridized carbons (Fsp3) is 0.417. The first kappa shape index (κ1) is 11.6. The highest BCUT2D eigenvalue weighted by Gasteiger charge is 2.39. The Morgan fingerprint density at radius 3 is 2.94 bits per heavy atom. The molecule has 18 heavy (non-hydrogen) atoms. The zero-order valence-corrected chi connectivity index (χ0v) is 10.6. The number of ether oxygens (including phenoxy) is 1. The number of halogens is 2. The van der Waals surface area contributed by atoms with Gasteiger partial charge in [-0.05, 0) is 12.1 Å². The van der Waals surface area contributed by atoms with Crippen LogP contribution in [0.4, 0.5) is 13.9 Å². The third-order valence-electron chi connectivity index (χ3n) is 3.02. The van der Waals surface area contributed by atoms with Gasteiger partial charge >= 0.3 is 0 Å². The first-order valence-corrected chi connectivity index (χ1v) is 6.46. The highest BCUT2D eigenvalue weighted by atomic mass is 32.1. The Hall–Kier alpha value is -1.43. The van der Waals surface area contributed by atoms with Crippen molar-refractivity contribution in [3.63, 3.8) is 0 Å². The van der Waals surface area contributed by atoms with Gasteiger partial charge in [-0.2, -0.15) is 0 Å². The maximum absolute atomic E-state index is 13.2. The number of nitrogens with zero attached hydrogens (tertiary/aromatic N) is 2. The Morgan fingerprint density at radius 1 is 1.44 bits per heavy atom. The number of methoxy groups -OCH3 is 1. The van der Waals surface area contributed by atoms with Crippen molar-refractivity contribution in [3.05, 3.63) is 18.2 Å². The normalized spacial score (nSPS) is 18.5. The lowest BCUT2D eigenvalue weighted by Crippen LogP contribution is -2.24. The Balaban J connectivity index is 1.94. The van der Waals surface area contributed by atoms with Crippen LogP contribution in [0.5, 0.6) is 5.75 Å². The molecule has 0 unspecified atom stereocenters. The first-order valence-electron chi connectivity index (χ1n) is 5.65. The molecule has 1 aromatic heterocycles. The standard InChI is InChI=1S/C12H12F2N2OS/c1-17-8-2-3-10-9(6-8)15-11(18-10)16-5-4-12(13,14)7-16/h2-3,6H,4-5,7H2,1H3. The molecule has 2 heterocycles. The molecule has 0 radical (unpaired) electrons. The maximum atomic E-state index is 13.2. The van der Waals surface area contributed by atoms with Crippen LogP contribution in [-0.2, 0) is 0 Å². The van der Waals surface area contributed by atoms with Crippen molar-refractivity contribution in [3.8, 4) is 5.75 Å². The van der Waals surface area contributed by atoms with E-state index >= 15 is 0 Å². The number of thiazole rings is 1. The van der Waals surface area contributed by atoms with E-state index in [1.54, 1.807) is 12.0 Å². The van der Waals surface area contributed by atoms with Crippen molar-refractivity contribution in [2.45, 2.75) is 12.3 Å². The largest absolute Gasteiger partial charge is 0.497 e. The van der Waals surface area contributed by atoms with E-state index in [0.717, 1.165) is 16.0 Å². The van der Waals surface area contributed by atoms with Crippen LogP contribution in [0.15, 0.2) is 18.2 Å². The van der Waals surface area contributed by atoms with Gasteiger partial charge in [-0.3, -0.25) is 0 Å². The van der Waals surface area contributed by atoms with Crippen LogP contribution in [0.2, 0.25) is 0 Å². The molecule has 0 N–H and O–H groups in total. The van der Waals surface area contributed by atoms with Crippen LogP contribution in [0.25, 0.3) is 10.2 Å². The monoisotopic (exact) mass is 270 g/mol. The van der Waals surface area contributed by atoms with Crippen LogP contribution < -0.4 is 9.64 Å². The highest BCUT2D eigenvalue weighted by Crippen LogP contribution is 2.36. The minimum Gasteiger partial charge on any atom is -0.497 e. The van der Waals surface area contributed by atoms with Gasteiger partial charge < -0.3 is 9.64 Å². The predicted octanol–water partition coefficient (Wildman–Crippen LogP) is 3.15. The number of anilines is 1. The predicted molar refractivity (Wildman–Crippen MR) is 67.9 cm³/mol. The quantitative estimate of drug-likeness (QED) is 0.838. The van der Waals surface area contributed by atoms with Crippen molar-refractivity contribution in [1.29, 1.82) is 0 Å². The molecule has 2 aromatic rings. The number of rotatable bonds is 2. The molecule has 0 aliphatic carbocycles. The minimum atomic E-state index is -2.59. The van der Waals surface area contributed by atoms with E-state index < -0.39 is 5.92 Å². The smallest absolute Gasteiger partial charge is 0.267 e. The second kappa shape index (κ2) is 4.05. The summed E-state index contributed by atoms with van der Waals surface area (Å²) in [4.78, 5) is 6.05. The Bertz CT molecular complexity index is 584. The molecule has 1 saturated heterocycles. The van der Waals surface area contributed by atoms with Crippen molar-refractivity contribution in [1.82, 2.24) is 4.98 Å². The van der Waals surface area contributed by atoms with Crippen LogP contribution in [0.3, 0.4) is 0 Å². The average Bonchev–Trinajstić information content (AvgIpc) is 2.90. The van der Waals surface area contributed by atoms with Gasteiger partial charge in [0.05, 0.1) is 23.9 Å². The lowest BCUT2D eigenvalue weighted by molar-refractivity contribution is 0.0257. The lowest BCUT2D eigenvalue weighted by Gasteiger charge is -2.13. The topological polar surface area (TPSA) is 25.4 Å². The van der Waals surface area contributed by atoms with Gasteiger partial charge in [0.15, 0.2) is 5.13 Å². The maximum Gasteiger partial charge on any atom is 0.267 e. The number of alkyl halides is 2. The molecule has 3 nitrogen and oxygen atoms in total. The summed E-state index contributed by atoms with van der Waals surface area (Å²) in [5.41, 5.74) is 0.796. The molecule has 1 aromatic carbocycles. The van der Waals surface area contributed by atoms with Crippen LogP contribution in [0.1, 0.15) is 6.42 Å². The van der Waals surface area contributed by atoms with E-state index in [2.05, 4.69) is 4.98 Å². The SMILES string of the molecule is COc1ccc2sc(N3CCC(F)(F)C3)nc2c1. The zero-order valence-electron chi connectivity index (χ0n) is 9.82. The summed E-state index contributed by atoms with van der Waals surface area (Å²) in [5.74, 6) is -1.86. The minimum absolute atomic E-state index is 0.0910. The Kier molecular flexibility index (Phi) is 2.62. The summed E-state index contributed by atoms with van der Waals surface area (Å²) in [6.07, 6.45) is -0.0910. The zero-order chi connectivity index (χ0) is 12.8. The summed E-state index contributed by atoms with van der Waals surface area (Å²) >= 11 is 1.44. The third-order valence-corrected chi connectivity index (χ3v) is 4.12. The molecule has 6 heteroatoms. The van der Waals surface area contributed by atoms with Gasteiger partial charge in [-0.15, -0.1) is 0 Å². The summed E-state index contributed by atoms with van der Waals surface area (Å²) < 4.78 is 32.4. The van der Waals surface area contributed by atoms with Gasteiger partial charge in [0.25, 0.3) is 5.92 Å². The van der Waals surface area contributed by atoms with E-state index in [1.165, 1.54) is 11.3 Å². The Labute approximate surface area is 107 Å². The molecule has 1 aliphatic heterocycles. The van der Waals surface area contributed by atoms with Gasteiger partial charge in [-0.1, -0.05) is 11.3 Å². The summed E-state index contributed by atoms with van der Waals surface area (Å²) in [5, 5.41) is 0.662. The number of aromatic nitrogens is 1. The van der Waals surface area contributed by atoms with E-state index in [4.69, 9.17) is 4.74 Å². The van der Waals surface area contributed by atoms with E-state index in [1.807, 2.05) is 18.2 Å². The molecule has 1 fully saturated rings. The fourth-order valence-electron chi connectivity index (χ4n) is 2.06. The van der Waals surface area contributed by atoms with E-state index in [9.17, 15) is 8.78 Å². The van der Waals surface area contributed by atoms with Crippen LogP contribution in [0, 0.1) is 0 Å². The molecular weight excluding hydrogens is 258 g/mol. The Morgan fingerprint density at radius 2 is 2.28 bits per heavy atom. The molecular formula is C12H12F2N2OS. The number of benzene rings is 1. The third kappa shape index (κ3) is 2.01. The summed E-state index contributed by atoms with van der Waals surface area (Å²) in [6, 6.07) is 5.58. The van der Waals surface area contributed by atoms with E-state index in [-0.39, 0.29) is 13.0 Å². The van der Waals surface area contributed by atoms with Crippen LogP contribution in [-0.4, -0.2) is 31.1 Å². The second-order valence-corrected chi connectivity index (χ2v) is 5.37. The van der Waals surface area contributed by atoms with Crippen LogP contribution >= 0.6 is 11.3 Å². The molecule has 3 rings (SSSR count). The number of hydrogen-bond donors (Lipinski definition) is 0. The van der Waals surface area contributed by atoms with Gasteiger partial charge in [0, 0.05) is 19.0 Å². The molecule has 0 atom stereocenters. The van der Waals surface area contributed by atoms with E-state index in [0.29, 0.717) is 11.7 Å².